The van der Waals surface area contributed by atoms with Crippen molar-refractivity contribution < 1.29 is 0 Å². The number of nitrogens with one attached hydrogen (secondary N) is 1. The van der Waals surface area contributed by atoms with E-state index in [9.17, 15) is 0 Å². The molecule has 0 bridgehead atoms. The molecule has 2 aromatic rings. The van der Waals surface area contributed by atoms with Crippen LogP contribution < -0.4 is 10.2 Å². The number of fused-ring (bicyclic) bond motifs is 1. The molecule has 6 nitrogen and oxygen atoms in total. The fourth-order valence-corrected chi connectivity index (χ4v) is 2.13. The molecule has 1 N–H and O–H groups in total. The van der Waals surface area contributed by atoms with E-state index in [-0.39, 0.29) is 0 Å². The second-order valence-electron chi connectivity index (χ2n) is 4.30. The highest BCUT2D eigenvalue weighted by molar-refractivity contribution is 5.45. The van der Waals surface area contributed by atoms with Gasteiger partial charge in [-0.15, -0.1) is 15.3 Å². The lowest BCUT2D eigenvalue weighted by atomic mass is 10.4. The maximum absolute atomic E-state index is 4.59. The Labute approximate surface area is 99.6 Å². The Morgan fingerprint density at radius 3 is 3.06 bits per heavy atom. The molecule has 0 saturated carbocycles. The number of aryl methyl sites for hydroxylation is 1. The summed E-state index contributed by atoms with van der Waals surface area (Å²) in [6, 6.07) is 4.00. The van der Waals surface area contributed by atoms with Crippen molar-refractivity contribution in [3.05, 3.63) is 18.0 Å². The van der Waals surface area contributed by atoms with Crippen LogP contribution >= 0.6 is 0 Å². The average Bonchev–Trinajstić information content (AvgIpc) is 2.58. The van der Waals surface area contributed by atoms with Crippen LogP contribution in [0.5, 0.6) is 0 Å². The van der Waals surface area contributed by atoms with E-state index in [0.717, 1.165) is 49.9 Å². The summed E-state index contributed by atoms with van der Waals surface area (Å²) in [5.41, 5.74) is 0.805. The van der Waals surface area contributed by atoms with E-state index in [1.54, 1.807) is 4.52 Å². The monoisotopic (exact) mass is 232 g/mol. The summed E-state index contributed by atoms with van der Waals surface area (Å²) in [6.07, 6.45) is 1.15. The van der Waals surface area contributed by atoms with Crippen LogP contribution in [0.3, 0.4) is 0 Å². The Kier molecular flexibility index (Phi) is 2.64. The number of rotatable bonds is 1. The highest BCUT2D eigenvalue weighted by Crippen LogP contribution is 2.13. The molecule has 0 aliphatic carbocycles. The van der Waals surface area contributed by atoms with Gasteiger partial charge in [0.2, 0.25) is 0 Å². The molecule has 1 aliphatic heterocycles. The van der Waals surface area contributed by atoms with Crippen LogP contribution in [0.25, 0.3) is 5.65 Å². The van der Waals surface area contributed by atoms with Crippen molar-refractivity contribution in [3.8, 4) is 0 Å². The van der Waals surface area contributed by atoms with Crippen molar-refractivity contribution in [2.75, 3.05) is 31.1 Å². The molecule has 0 spiro atoms. The van der Waals surface area contributed by atoms with E-state index in [1.807, 2.05) is 19.1 Å². The van der Waals surface area contributed by atoms with Crippen LogP contribution in [0, 0.1) is 6.92 Å². The fraction of sp³-hybridized carbons (Fsp3) is 0.545. The number of aromatic nitrogens is 4. The van der Waals surface area contributed by atoms with E-state index in [0.29, 0.717) is 0 Å². The summed E-state index contributed by atoms with van der Waals surface area (Å²) in [5, 5.41) is 16.0. The zero-order valence-corrected chi connectivity index (χ0v) is 9.93. The van der Waals surface area contributed by atoms with Crippen molar-refractivity contribution in [2.24, 2.45) is 0 Å². The van der Waals surface area contributed by atoms with E-state index in [1.165, 1.54) is 0 Å². The van der Waals surface area contributed by atoms with Gasteiger partial charge < -0.3 is 10.2 Å². The summed E-state index contributed by atoms with van der Waals surface area (Å²) in [6.45, 7) is 6.07. The minimum Gasteiger partial charge on any atom is -0.354 e. The molecule has 0 atom stereocenters. The van der Waals surface area contributed by atoms with Gasteiger partial charge in [-0.3, -0.25) is 0 Å². The average molecular weight is 232 g/mol. The van der Waals surface area contributed by atoms with Crippen LogP contribution in [0.1, 0.15) is 12.2 Å². The van der Waals surface area contributed by atoms with Crippen LogP contribution in [-0.4, -0.2) is 46.0 Å². The summed E-state index contributed by atoms with van der Waals surface area (Å²) in [7, 11) is 0. The Morgan fingerprint density at radius 1 is 1.18 bits per heavy atom. The summed E-state index contributed by atoms with van der Waals surface area (Å²) in [4.78, 5) is 2.30. The Morgan fingerprint density at radius 2 is 2.12 bits per heavy atom. The topological polar surface area (TPSA) is 58.4 Å². The zero-order valence-electron chi connectivity index (χ0n) is 9.93. The van der Waals surface area contributed by atoms with Gasteiger partial charge >= 0.3 is 0 Å². The maximum Gasteiger partial charge on any atom is 0.178 e. The second kappa shape index (κ2) is 4.29. The van der Waals surface area contributed by atoms with Gasteiger partial charge in [0.15, 0.2) is 11.5 Å². The predicted octanol–water partition coefficient (Wildman–Crippen LogP) is 0.232. The summed E-state index contributed by atoms with van der Waals surface area (Å²) >= 11 is 0. The molecule has 6 heteroatoms. The summed E-state index contributed by atoms with van der Waals surface area (Å²) < 4.78 is 1.80. The van der Waals surface area contributed by atoms with Crippen LogP contribution in [0.2, 0.25) is 0 Å². The molecule has 0 radical (unpaired) electrons. The first-order chi connectivity index (χ1) is 8.34. The molecule has 0 aromatic carbocycles. The van der Waals surface area contributed by atoms with Gasteiger partial charge in [-0.1, -0.05) is 0 Å². The largest absolute Gasteiger partial charge is 0.354 e. The minimum absolute atomic E-state index is 0.805. The van der Waals surface area contributed by atoms with E-state index in [2.05, 4.69) is 25.5 Å². The van der Waals surface area contributed by atoms with Crippen molar-refractivity contribution in [1.29, 1.82) is 0 Å². The molecule has 3 heterocycles. The van der Waals surface area contributed by atoms with E-state index in [4.69, 9.17) is 0 Å². The molecule has 0 unspecified atom stereocenters. The van der Waals surface area contributed by atoms with Crippen LogP contribution in [-0.2, 0) is 0 Å². The molecule has 1 aliphatic rings. The lowest BCUT2D eigenvalue weighted by molar-refractivity contribution is 0.724. The molecule has 17 heavy (non-hydrogen) atoms. The molecule has 3 rings (SSSR count). The van der Waals surface area contributed by atoms with Gasteiger partial charge in [-0.05, 0) is 32.0 Å². The number of nitrogens with zero attached hydrogens (tertiary/aromatic N) is 5. The van der Waals surface area contributed by atoms with Gasteiger partial charge in [0.25, 0.3) is 0 Å². The lowest BCUT2D eigenvalue weighted by Crippen LogP contribution is -2.29. The highest BCUT2D eigenvalue weighted by Gasteiger charge is 2.12. The van der Waals surface area contributed by atoms with E-state index >= 15 is 0 Å². The Bertz CT molecular complexity index is 512. The lowest BCUT2D eigenvalue weighted by Gasteiger charge is -2.20. The SMILES string of the molecule is Cc1nnc2ccc(N3CCCNCC3)nn12. The first kappa shape index (κ1) is 10.5. The fourth-order valence-electron chi connectivity index (χ4n) is 2.13. The second-order valence-corrected chi connectivity index (χ2v) is 4.30. The third-order valence-corrected chi connectivity index (χ3v) is 3.07. The van der Waals surface area contributed by atoms with Crippen LogP contribution in [0.4, 0.5) is 5.82 Å². The zero-order chi connectivity index (χ0) is 11.7. The van der Waals surface area contributed by atoms with Gasteiger partial charge in [0.05, 0.1) is 0 Å². The number of hydrogen-bond donors (Lipinski definition) is 1. The van der Waals surface area contributed by atoms with Gasteiger partial charge in [0, 0.05) is 19.6 Å². The summed E-state index contributed by atoms with van der Waals surface area (Å²) in [5.74, 6) is 1.83. The van der Waals surface area contributed by atoms with Crippen molar-refractivity contribution in [2.45, 2.75) is 13.3 Å². The van der Waals surface area contributed by atoms with Gasteiger partial charge in [-0.25, -0.2) is 0 Å². The molecule has 1 fully saturated rings. The van der Waals surface area contributed by atoms with E-state index < -0.39 is 0 Å². The third-order valence-electron chi connectivity index (χ3n) is 3.07. The number of hydrogen-bond acceptors (Lipinski definition) is 5. The quantitative estimate of drug-likeness (QED) is 0.763. The van der Waals surface area contributed by atoms with Crippen molar-refractivity contribution >= 4 is 11.5 Å². The third kappa shape index (κ3) is 1.95. The Balaban J connectivity index is 1.95. The standard InChI is InChI=1S/C11H16N6/c1-9-13-14-10-3-4-11(15-17(9)10)16-7-2-5-12-6-8-16/h3-4,12H,2,5-8H2,1H3. The molecular weight excluding hydrogens is 216 g/mol. The molecule has 2 aromatic heterocycles. The van der Waals surface area contributed by atoms with Gasteiger partial charge in [0.1, 0.15) is 5.82 Å². The molecule has 0 amide bonds. The Hall–Kier alpha value is -1.69. The molecule has 90 valence electrons. The molecular formula is C11H16N6. The highest BCUT2D eigenvalue weighted by atomic mass is 15.4. The van der Waals surface area contributed by atoms with Crippen molar-refractivity contribution in [3.63, 3.8) is 0 Å². The van der Waals surface area contributed by atoms with Crippen LogP contribution in [0.15, 0.2) is 12.1 Å². The normalized spacial score (nSPS) is 17.4. The first-order valence-corrected chi connectivity index (χ1v) is 5.99. The maximum atomic E-state index is 4.59. The first-order valence-electron chi connectivity index (χ1n) is 5.99. The predicted molar refractivity (Wildman–Crippen MR) is 65.2 cm³/mol. The smallest absolute Gasteiger partial charge is 0.178 e. The van der Waals surface area contributed by atoms with Gasteiger partial charge in [-0.2, -0.15) is 4.52 Å². The molecule has 1 saturated heterocycles. The van der Waals surface area contributed by atoms with Crippen molar-refractivity contribution in [1.82, 2.24) is 25.1 Å². The number of anilines is 1. The minimum atomic E-state index is 0.805.